The van der Waals surface area contributed by atoms with Crippen LogP contribution in [-0.4, -0.2) is 5.54 Å². The molecule has 0 aromatic rings. The third-order valence-electron chi connectivity index (χ3n) is 5.63. The largest absolute Gasteiger partial charge is 0.325 e. The van der Waals surface area contributed by atoms with Crippen molar-refractivity contribution >= 4 is 0 Å². The highest BCUT2D eigenvalue weighted by atomic mass is 14.8. The normalized spacial score (nSPS) is 43.9. The van der Waals surface area contributed by atoms with Crippen LogP contribution in [0.4, 0.5) is 0 Å². The fourth-order valence-electron chi connectivity index (χ4n) is 4.16. The lowest BCUT2D eigenvalue weighted by Crippen LogP contribution is -2.52. The van der Waals surface area contributed by atoms with Gasteiger partial charge in [-0.2, -0.15) is 0 Å². The summed E-state index contributed by atoms with van der Waals surface area (Å²) in [5, 5.41) is 0. The molecule has 0 bridgehead atoms. The molecular weight excluding hydrogens is 206 g/mol. The van der Waals surface area contributed by atoms with E-state index in [1.165, 1.54) is 51.4 Å². The van der Waals surface area contributed by atoms with E-state index < -0.39 is 0 Å². The quantitative estimate of drug-likeness (QED) is 0.759. The van der Waals surface area contributed by atoms with Gasteiger partial charge in [-0.05, 0) is 49.4 Å². The van der Waals surface area contributed by atoms with Crippen molar-refractivity contribution < 1.29 is 0 Å². The molecule has 2 saturated carbocycles. The van der Waals surface area contributed by atoms with Crippen LogP contribution in [0, 0.1) is 23.7 Å². The van der Waals surface area contributed by atoms with Gasteiger partial charge in [-0.3, -0.25) is 0 Å². The predicted molar refractivity (Wildman–Crippen MR) is 74.8 cm³/mol. The van der Waals surface area contributed by atoms with E-state index in [2.05, 4.69) is 20.8 Å². The molecule has 0 saturated heterocycles. The monoisotopic (exact) mass is 237 g/mol. The van der Waals surface area contributed by atoms with Crippen LogP contribution >= 0.6 is 0 Å². The summed E-state index contributed by atoms with van der Waals surface area (Å²) in [4.78, 5) is 0. The van der Waals surface area contributed by atoms with Crippen molar-refractivity contribution in [1.82, 2.24) is 0 Å². The van der Waals surface area contributed by atoms with Gasteiger partial charge in [0.05, 0.1) is 0 Å². The minimum Gasteiger partial charge on any atom is -0.325 e. The van der Waals surface area contributed by atoms with Gasteiger partial charge in [-0.25, -0.2) is 0 Å². The zero-order valence-corrected chi connectivity index (χ0v) is 12.0. The summed E-state index contributed by atoms with van der Waals surface area (Å²) in [5.74, 6) is 3.47. The summed E-state index contributed by atoms with van der Waals surface area (Å²) < 4.78 is 0. The van der Waals surface area contributed by atoms with Crippen molar-refractivity contribution in [1.29, 1.82) is 0 Å². The average Bonchev–Trinajstić information content (AvgIpc) is 2.29. The molecule has 0 radical (unpaired) electrons. The van der Waals surface area contributed by atoms with Crippen LogP contribution in [0.25, 0.3) is 0 Å². The van der Waals surface area contributed by atoms with Crippen LogP contribution < -0.4 is 5.73 Å². The molecule has 1 heteroatoms. The van der Waals surface area contributed by atoms with Gasteiger partial charge >= 0.3 is 0 Å². The number of nitrogens with two attached hydrogens (primary N) is 1. The Balaban J connectivity index is 1.97. The molecule has 0 aromatic heterocycles. The summed E-state index contributed by atoms with van der Waals surface area (Å²) >= 11 is 0. The molecule has 100 valence electrons. The molecular formula is C16H31N. The van der Waals surface area contributed by atoms with E-state index in [4.69, 9.17) is 5.73 Å². The molecule has 2 fully saturated rings. The molecule has 2 N–H and O–H groups in total. The maximum absolute atomic E-state index is 6.81. The van der Waals surface area contributed by atoms with Gasteiger partial charge in [0.1, 0.15) is 0 Å². The summed E-state index contributed by atoms with van der Waals surface area (Å²) in [7, 11) is 0. The molecule has 2 atom stereocenters. The summed E-state index contributed by atoms with van der Waals surface area (Å²) in [6, 6.07) is 0. The molecule has 2 aliphatic rings. The first-order valence-corrected chi connectivity index (χ1v) is 7.80. The minimum absolute atomic E-state index is 0.188. The van der Waals surface area contributed by atoms with E-state index in [0.717, 1.165) is 23.7 Å². The second-order valence-electron chi connectivity index (χ2n) is 7.29. The Morgan fingerprint density at radius 2 is 1.71 bits per heavy atom. The van der Waals surface area contributed by atoms with Crippen molar-refractivity contribution in [3.05, 3.63) is 0 Å². The first kappa shape index (κ1) is 13.4. The van der Waals surface area contributed by atoms with Crippen molar-refractivity contribution in [3.63, 3.8) is 0 Å². The van der Waals surface area contributed by atoms with E-state index in [1.54, 1.807) is 0 Å². The van der Waals surface area contributed by atoms with Crippen molar-refractivity contribution in [2.75, 3.05) is 0 Å². The van der Waals surface area contributed by atoms with E-state index >= 15 is 0 Å². The van der Waals surface area contributed by atoms with Crippen LogP contribution in [0.2, 0.25) is 0 Å². The molecule has 2 aliphatic carbocycles. The zero-order valence-electron chi connectivity index (χ0n) is 12.0. The molecule has 1 nitrogen and oxygen atoms in total. The van der Waals surface area contributed by atoms with Gasteiger partial charge < -0.3 is 5.73 Å². The van der Waals surface area contributed by atoms with Gasteiger partial charge in [-0.15, -0.1) is 0 Å². The fraction of sp³-hybridized carbons (Fsp3) is 1.00. The highest BCUT2D eigenvalue weighted by Crippen LogP contribution is 2.44. The van der Waals surface area contributed by atoms with Crippen LogP contribution in [0.15, 0.2) is 0 Å². The van der Waals surface area contributed by atoms with Crippen molar-refractivity contribution in [2.24, 2.45) is 29.4 Å². The molecule has 17 heavy (non-hydrogen) atoms. The molecule has 0 amide bonds. The Bertz CT molecular complexity index is 240. The van der Waals surface area contributed by atoms with Crippen LogP contribution in [0.1, 0.15) is 72.1 Å². The molecule has 0 aliphatic heterocycles. The van der Waals surface area contributed by atoms with E-state index in [9.17, 15) is 0 Å². The van der Waals surface area contributed by atoms with Gasteiger partial charge in [0.15, 0.2) is 0 Å². The van der Waals surface area contributed by atoms with Crippen LogP contribution in [0.3, 0.4) is 0 Å². The summed E-state index contributed by atoms with van der Waals surface area (Å²) in [5.41, 5.74) is 7.00. The lowest BCUT2D eigenvalue weighted by atomic mass is 9.63. The molecule has 2 rings (SSSR count). The first-order valence-electron chi connectivity index (χ1n) is 7.80. The number of hydrogen-bond donors (Lipinski definition) is 1. The Hall–Kier alpha value is -0.0400. The molecule has 2 unspecified atom stereocenters. The van der Waals surface area contributed by atoms with E-state index in [0.29, 0.717) is 0 Å². The number of rotatable bonds is 2. The SMILES string of the molecule is CC1CCC(C2(N)CCCC(C(C)C)C2)CC1. The van der Waals surface area contributed by atoms with Crippen molar-refractivity contribution in [3.8, 4) is 0 Å². The highest BCUT2D eigenvalue weighted by molar-refractivity contribution is 4.97. The smallest absolute Gasteiger partial charge is 0.0185 e. The third kappa shape index (κ3) is 3.05. The van der Waals surface area contributed by atoms with Gasteiger partial charge in [0, 0.05) is 5.54 Å². The van der Waals surface area contributed by atoms with Crippen LogP contribution in [0.5, 0.6) is 0 Å². The second kappa shape index (κ2) is 5.30. The van der Waals surface area contributed by atoms with Gasteiger partial charge in [0.25, 0.3) is 0 Å². The second-order valence-corrected chi connectivity index (χ2v) is 7.29. The molecule has 0 aromatic carbocycles. The van der Waals surface area contributed by atoms with E-state index in [1.807, 2.05) is 0 Å². The lowest BCUT2D eigenvalue weighted by molar-refractivity contribution is 0.0939. The maximum Gasteiger partial charge on any atom is 0.0185 e. The number of hydrogen-bond acceptors (Lipinski definition) is 1. The van der Waals surface area contributed by atoms with Crippen molar-refractivity contribution in [2.45, 2.75) is 77.7 Å². The van der Waals surface area contributed by atoms with Crippen LogP contribution in [-0.2, 0) is 0 Å². The molecule has 0 heterocycles. The first-order chi connectivity index (χ1) is 8.01. The zero-order chi connectivity index (χ0) is 12.5. The Morgan fingerprint density at radius 3 is 2.29 bits per heavy atom. The Morgan fingerprint density at radius 1 is 1.06 bits per heavy atom. The van der Waals surface area contributed by atoms with Gasteiger partial charge in [0.2, 0.25) is 0 Å². The average molecular weight is 237 g/mol. The Labute approximate surface area is 108 Å². The maximum atomic E-state index is 6.81. The topological polar surface area (TPSA) is 26.0 Å². The summed E-state index contributed by atoms with van der Waals surface area (Å²) in [6.07, 6.45) is 11.0. The Kier molecular flexibility index (Phi) is 4.18. The third-order valence-corrected chi connectivity index (χ3v) is 5.63. The predicted octanol–water partition coefficient (Wildman–Crippen LogP) is 4.36. The summed E-state index contributed by atoms with van der Waals surface area (Å²) in [6.45, 7) is 7.15. The highest BCUT2D eigenvalue weighted by Gasteiger charge is 2.40. The minimum atomic E-state index is 0.188. The standard InChI is InChI=1S/C16H31N/c1-12(2)14-5-4-10-16(17,11-14)15-8-6-13(3)7-9-15/h12-15H,4-11,17H2,1-3H3. The van der Waals surface area contributed by atoms with E-state index in [-0.39, 0.29) is 5.54 Å². The lowest BCUT2D eigenvalue weighted by Gasteiger charge is -2.47. The fourth-order valence-corrected chi connectivity index (χ4v) is 4.16. The molecule has 0 spiro atoms. The van der Waals surface area contributed by atoms with Gasteiger partial charge in [-0.1, -0.05) is 46.5 Å².